The molecule has 0 aliphatic carbocycles. The fraction of sp³-hybridized carbons (Fsp3) is 0.711. The number of hydrogen-bond donors (Lipinski definition) is 3. The van der Waals surface area contributed by atoms with Crippen molar-refractivity contribution in [3.63, 3.8) is 0 Å². The van der Waals surface area contributed by atoms with Gasteiger partial charge in [-0.15, -0.1) is 0 Å². The molecule has 0 fully saturated rings. The molecular weight excluding hydrogens is 518 g/mol. The van der Waals surface area contributed by atoms with Gasteiger partial charge in [-0.05, 0) is 64.2 Å². The first-order valence-electron chi connectivity index (χ1n) is 17.5. The Labute approximate surface area is 260 Å². The van der Waals surface area contributed by atoms with Gasteiger partial charge in [-0.3, -0.25) is 4.79 Å². The Hall–Kier alpha value is -1.91. The molecule has 4 heteroatoms. The van der Waals surface area contributed by atoms with Crippen LogP contribution in [0.4, 0.5) is 0 Å². The van der Waals surface area contributed by atoms with E-state index in [2.05, 4.69) is 67.8 Å². The molecule has 2 unspecified atom stereocenters. The molecule has 242 valence electrons. The number of aliphatic hydroxyl groups excluding tert-OH is 2. The zero-order valence-electron chi connectivity index (χ0n) is 27.5. The van der Waals surface area contributed by atoms with Crippen molar-refractivity contribution in [3.05, 3.63) is 60.8 Å². The first-order valence-corrected chi connectivity index (χ1v) is 17.5. The van der Waals surface area contributed by atoms with Gasteiger partial charge in [0.05, 0.1) is 18.8 Å². The molecule has 0 aliphatic heterocycles. The predicted octanol–water partition coefficient (Wildman–Crippen LogP) is 10.2. The Morgan fingerprint density at radius 1 is 0.595 bits per heavy atom. The van der Waals surface area contributed by atoms with Crippen LogP contribution in [0, 0.1) is 0 Å². The van der Waals surface area contributed by atoms with E-state index < -0.39 is 12.1 Å². The molecule has 0 aromatic heterocycles. The second-order valence-electron chi connectivity index (χ2n) is 11.5. The highest BCUT2D eigenvalue weighted by atomic mass is 16.3. The SMILES string of the molecule is CC/C=C\C/C=C\C/C=C\CCCCCCCCCC(=O)NC(CO)C(O)/C=C/CC/C=C/CCCCCCCCC. The van der Waals surface area contributed by atoms with Crippen molar-refractivity contribution >= 4 is 5.91 Å². The van der Waals surface area contributed by atoms with E-state index in [9.17, 15) is 15.0 Å². The van der Waals surface area contributed by atoms with Crippen molar-refractivity contribution in [2.45, 2.75) is 167 Å². The maximum absolute atomic E-state index is 12.3. The summed E-state index contributed by atoms with van der Waals surface area (Å²) in [6.45, 7) is 4.15. The van der Waals surface area contributed by atoms with E-state index >= 15 is 0 Å². The molecule has 3 N–H and O–H groups in total. The van der Waals surface area contributed by atoms with Crippen LogP contribution in [-0.2, 0) is 4.79 Å². The van der Waals surface area contributed by atoms with E-state index in [0.29, 0.717) is 6.42 Å². The van der Waals surface area contributed by atoms with Crippen molar-refractivity contribution in [3.8, 4) is 0 Å². The molecule has 0 heterocycles. The van der Waals surface area contributed by atoms with Gasteiger partial charge < -0.3 is 15.5 Å². The van der Waals surface area contributed by atoms with Crippen molar-refractivity contribution in [1.29, 1.82) is 0 Å². The monoisotopic (exact) mass is 586 g/mol. The first-order chi connectivity index (χ1) is 20.7. The van der Waals surface area contributed by atoms with E-state index in [4.69, 9.17) is 0 Å². The fourth-order valence-electron chi connectivity index (χ4n) is 4.79. The minimum atomic E-state index is -0.866. The maximum atomic E-state index is 12.3. The van der Waals surface area contributed by atoms with Crippen LogP contribution in [0.25, 0.3) is 0 Å². The maximum Gasteiger partial charge on any atom is 0.220 e. The number of amides is 1. The Bertz CT molecular complexity index is 722. The Morgan fingerprint density at radius 2 is 1.07 bits per heavy atom. The van der Waals surface area contributed by atoms with Crippen molar-refractivity contribution in [1.82, 2.24) is 5.32 Å². The average molecular weight is 586 g/mol. The summed E-state index contributed by atoms with van der Waals surface area (Å²) < 4.78 is 0. The number of rotatable bonds is 30. The Kier molecular flexibility index (Phi) is 32.1. The highest BCUT2D eigenvalue weighted by molar-refractivity contribution is 5.76. The lowest BCUT2D eigenvalue weighted by atomic mass is 10.1. The smallest absolute Gasteiger partial charge is 0.220 e. The van der Waals surface area contributed by atoms with Gasteiger partial charge in [0.25, 0.3) is 0 Å². The van der Waals surface area contributed by atoms with Gasteiger partial charge in [0.15, 0.2) is 0 Å². The van der Waals surface area contributed by atoms with Gasteiger partial charge in [0.2, 0.25) is 5.91 Å². The zero-order chi connectivity index (χ0) is 30.8. The molecule has 0 saturated heterocycles. The van der Waals surface area contributed by atoms with Crippen molar-refractivity contribution in [2.24, 2.45) is 0 Å². The van der Waals surface area contributed by atoms with Crippen LogP contribution >= 0.6 is 0 Å². The second-order valence-corrected chi connectivity index (χ2v) is 11.5. The number of unbranched alkanes of at least 4 members (excludes halogenated alkanes) is 15. The van der Waals surface area contributed by atoms with Gasteiger partial charge in [-0.2, -0.15) is 0 Å². The van der Waals surface area contributed by atoms with Gasteiger partial charge in [0.1, 0.15) is 0 Å². The number of allylic oxidation sites excluding steroid dienone is 9. The van der Waals surface area contributed by atoms with Crippen LogP contribution in [0.3, 0.4) is 0 Å². The minimum absolute atomic E-state index is 0.0890. The largest absolute Gasteiger partial charge is 0.394 e. The molecule has 2 atom stereocenters. The summed E-state index contributed by atoms with van der Waals surface area (Å²) in [5.41, 5.74) is 0. The summed E-state index contributed by atoms with van der Waals surface area (Å²) in [4.78, 5) is 12.3. The number of aliphatic hydroxyl groups is 2. The van der Waals surface area contributed by atoms with Crippen LogP contribution in [0.15, 0.2) is 60.8 Å². The molecule has 0 radical (unpaired) electrons. The molecule has 1 amide bonds. The summed E-state index contributed by atoms with van der Waals surface area (Å²) in [6, 6.07) is -0.644. The van der Waals surface area contributed by atoms with Crippen LogP contribution in [0.1, 0.15) is 155 Å². The van der Waals surface area contributed by atoms with Crippen LogP contribution < -0.4 is 5.32 Å². The molecule has 0 aromatic rings. The Balaban J connectivity index is 3.72. The van der Waals surface area contributed by atoms with Gasteiger partial charge in [0, 0.05) is 6.42 Å². The van der Waals surface area contributed by atoms with Crippen molar-refractivity contribution in [2.75, 3.05) is 6.61 Å². The third-order valence-corrected chi connectivity index (χ3v) is 7.48. The van der Waals surface area contributed by atoms with E-state index in [0.717, 1.165) is 64.2 Å². The zero-order valence-corrected chi connectivity index (χ0v) is 27.5. The molecule has 0 aliphatic rings. The van der Waals surface area contributed by atoms with Crippen LogP contribution in [-0.4, -0.2) is 34.9 Å². The van der Waals surface area contributed by atoms with Crippen LogP contribution in [0.5, 0.6) is 0 Å². The molecule has 0 rings (SSSR count). The van der Waals surface area contributed by atoms with Crippen molar-refractivity contribution < 1.29 is 15.0 Å². The Morgan fingerprint density at radius 3 is 1.67 bits per heavy atom. The van der Waals surface area contributed by atoms with E-state index in [-0.39, 0.29) is 12.5 Å². The molecule has 42 heavy (non-hydrogen) atoms. The lowest BCUT2D eigenvalue weighted by molar-refractivity contribution is -0.123. The second kappa shape index (κ2) is 33.6. The topological polar surface area (TPSA) is 69.6 Å². The summed E-state index contributed by atoms with van der Waals surface area (Å²) >= 11 is 0. The summed E-state index contributed by atoms with van der Waals surface area (Å²) in [6.07, 6.45) is 45.8. The fourth-order valence-corrected chi connectivity index (χ4v) is 4.79. The summed E-state index contributed by atoms with van der Waals surface area (Å²) in [5, 5.41) is 22.8. The molecule has 0 bridgehead atoms. The molecule has 0 saturated carbocycles. The molecular formula is C38H67NO3. The third-order valence-electron chi connectivity index (χ3n) is 7.48. The van der Waals surface area contributed by atoms with Gasteiger partial charge >= 0.3 is 0 Å². The first kappa shape index (κ1) is 40.1. The predicted molar refractivity (Wildman–Crippen MR) is 184 cm³/mol. The average Bonchev–Trinajstić information content (AvgIpc) is 2.99. The number of carbonyl (C=O) groups excluding carboxylic acids is 1. The third kappa shape index (κ3) is 29.6. The molecule has 0 aromatic carbocycles. The van der Waals surface area contributed by atoms with E-state index in [1.165, 1.54) is 70.6 Å². The van der Waals surface area contributed by atoms with E-state index in [1.807, 2.05) is 6.08 Å². The summed E-state index contributed by atoms with van der Waals surface area (Å²) in [5.74, 6) is -0.0890. The van der Waals surface area contributed by atoms with Gasteiger partial charge in [-0.25, -0.2) is 0 Å². The lowest BCUT2D eigenvalue weighted by Gasteiger charge is -2.19. The molecule has 0 spiro atoms. The van der Waals surface area contributed by atoms with E-state index in [1.54, 1.807) is 6.08 Å². The highest BCUT2D eigenvalue weighted by Gasteiger charge is 2.17. The normalized spacial score (nSPS) is 13.9. The number of carbonyl (C=O) groups is 1. The van der Waals surface area contributed by atoms with Crippen LogP contribution in [0.2, 0.25) is 0 Å². The quantitative estimate of drug-likeness (QED) is 0.0580. The standard InChI is InChI=1S/C38H67NO3/c1-3-5-7-9-11-13-15-17-18-19-20-22-24-26-28-30-32-34-38(42)39-36(35-40)37(41)33-31-29-27-25-23-21-16-14-12-10-8-6-4-2/h5,7,11,13,17-18,23,25,31,33,36-37,40-41H,3-4,6,8-10,12,14-16,19-22,24,26-30,32,34-35H2,1-2H3,(H,39,42)/b7-5-,13-11-,18-17-,25-23+,33-31+. The lowest BCUT2D eigenvalue weighted by Crippen LogP contribution is -2.45. The minimum Gasteiger partial charge on any atom is -0.394 e. The molecule has 4 nitrogen and oxygen atoms in total. The summed E-state index contributed by atoms with van der Waals surface area (Å²) in [7, 11) is 0. The number of hydrogen-bond acceptors (Lipinski definition) is 3. The number of nitrogens with one attached hydrogen (secondary N) is 1. The van der Waals surface area contributed by atoms with Gasteiger partial charge in [-0.1, -0.05) is 145 Å². The highest BCUT2D eigenvalue weighted by Crippen LogP contribution is 2.11.